The Morgan fingerprint density at radius 2 is 1.83 bits per heavy atom. The molecular formula is C21H27IN4O3. The molecule has 1 unspecified atom stereocenters. The third kappa shape index (κ3) is 7.62. The van der Waals surface area contributed by atoms with Gasteiger partial charge >= 0.3 is 0 Å². The highest BCUT2D eigenvalue weighted by molar-refractivity contribution is 14.0. The minimum absolute atomic E-state index is 0. The molecule has 0 spiro atoms. The predicted octanol–water partition coefficient (Wildman–Crippen LogP) is 3.94. The Kier molecular flexibility index (Phi) is 9.33. The van der Waals surface area contributed by atoms with E-state index in [-0.39, 0.29) is 35.8 Å². The van der Waals surface area contributed by atoms with Gasteiger partial charge in [-0.05, 0) is 30.9 Å². The Balaban J connectivity index is 0.00000300. The van der Waals surface area contributed by atoms with Crippen LogP contribution in [0.15, 0.2) is 53.5 Å². The van der Waals surface area contributed by atoms with Crippen molar-refractivity contribution in [1.82, 2.24) is 10.6 Å². The first-order chi connectivity index (χ1) is 13.6. The molecule has 7 nitrogen and oxygen atoms in total. The highest BCUT2D eigenvalue weighted by Gasteiger charge is 2.15. The zero-order valence-corrected chi connectivity index (χ0v) is 18.8. The number of rotatable bonds is 7. The summed E-state index contributed by atoms with van der Waals surface area (Å²) in [7, 11) is 0. The van der Waals surface area contributed by atoms with E-state index in [0.717, 1.165) is 30.6 Å². The third-order valence-corrected chi connectivity index (χ3v) is 4.67. The van der Waals surface area contributed by atoms with Crippen molar-refractivity contribution in [3.05, 3.63) is 75.3 Å². The van der Waals surface area contributed by atoms with Crippen LogP contribution in [0, 0.1) is 17.0 Å². The van der Waals surface area contributed by atoms with Gasteiger partial charge < -0.3 is 15.4 Å². The van der Waals surface area contributed by atoms with Crippen LogP contribution in [0.1, 0.15) is 29.5 Å². The lowest BCUT2D eigenvalue weighted by molar-refractivity contribution is -0.384. The molecule has 156 valence electrons. The minimum atomic E-state index is -0.394. The van der Waals surface area contributed by atoms with Gasteiger partial charge in [0.2, 0.25) is 0 Å². The number of nitrogens with one attached hydrogen (secondary N) is 2. The number of nitrogens with zero attached hydrogens (tertiary/aromatic N) is 2. The third-order valence-electron chi connectivity index (χ3n) is 4.67. The van der Waals surface area contributed by atoms with Gasteiger partial charge in [0, 0.05) is 31.8 Å². The summed E-state index contributed by atoms with van der Waals surface area (Å²) >= 11 is 0. The van der Waals surface area contributed by atoms with Gasteiger partial charge in [0.25, 0.3) is 5.69 Å². The molecule has 8 heteroatoms. The van der Waals surface area contributed by atoms with Gasteiger partial charge in [-0.15, -0.1) is 24.0 Å². The maximum absolute atomic E-state index is 10.8. The lowest BCUT2D eigenvalue weighted by atomic mass is 10.1. The van der Waals surface area contributed by atoms with Gasteiger partial charge in [-0.1, -0.05) is 42.0 Å². The maximum atomic E-state index is 10.8. The number of guanidine groups is 1. The number of hydrogen-bond donors (Lipinski definition) is 2. The van der Waals surface area contributed by atoms with E-state index in [1.165, 1.54) is 17.7 Å². The Labute approximate surface area is 188 Å². The number of nitro benzene ring substituents is 1. The molecule has 1 fully saturated rings. The van der Waals surface area contributed by atoms with Gasteiger partial charge in [0.15, 0.2) is 5.96 Å². The van der Waals surface area contributed by atoms with Crippen molar-refractivity contribution in [2.75, 3.05) is 13.2 Å². The Bertz CT molecular complexity index is 804. The number of aryl methyl sites for hydroxylation is 1. The average Bonchev–Trinajstić information content (AvgIpc) is 3.22. The first-order valence-electron chi connectivity index (χ1n) is 9.53. The molecule has 2 N–H and O–H groups in total. The minimum Gasteiger partial charge on any atom is -0.376 e. The van der Waals surface area contributed by atoms with Crippen LogP contribution in [0.25, 0.3) is 0 Å². The summed E-state index contributed by atoms with van der Waals surface area (Å²) in [6.45, 7) is 4.69. The summed E-state index contributed by atoms with van der Waals surface area (Å²) in [5.41, 5.74) is 3.40. The summed E-state index contributed by atoms with van der Waals surface area (Å²) in [6, 6.07) is 14.8. The molecule has 0 aliphatic carbocycles. The van der Waals surface area contributed by atoms with Crippen LogP contribution < -0.4 is 10.6 Å². The second-order valence-corrected chi connectivity index (χ2v) is 6.94. The molecule has 1 heterocycles. The number of benzene rings is 2. The number of ether oxygens (including phenoxy) is 1. The molecule has 3 rings (SSSR count). The number of aliphatic imine (C=N–C) groups is 1. The van der Waals surface area contributed by atoms with E-state index < -0.39 is 4.92 Å². The molecule has 1 aliphatic rings. The van der Waals surface area contributed by atoms with E-state index in [9.17, 15) is 10.1 Å². The van der Waals surface area contributed by atoms with Crippen molar-refractivity contribution in [3.63, 3.8) is 0 Å². The van der Waals surface area contributed by atoms with Crippen LogP contribution in [0.2, 0.25) is 0 Å². The van der Waals surface area contributed by atoms with Crippen molar-refractivity contribution in [1.29, 1.82) is 0 Å². The van der Waals surface area contributed by atoms with Crippen molar-refractivity contribution >= 4 is 35.6 Å². The second kappa shape index (κ2) is 11.7. The number of hydrogen-bond acceptors (Lipinski definition) is 4. The van der Waals surface area contributed by atoms with Crippen LogP contribution >= 0.6 is 24.0 Å². The summed E-state index contributed by atoms with van der Waals surface area (Å²) in [5.74, 6) is 0.703. The number of non-ortho nitro benzene ring substituents is 1. The number of halogens is 1. The molecule has 0 aromatic heterocycles. The molecule has 0 saturated carbocycles. The maximum Gasteiger partial charge on any atom is 0.269 e. The van der Waals surface area contributed by atoms with E-state index in [4.69, 9.17) is 4.74 Å². The zero-order valence-electron chi connectivity index (χ0n) is 16.5. The molecule has 0 bridgehead atoms. The van der Waals surface area contributed by atoms with Crippen molar-refractivity contribution in [2.24, 2.45) is 4.99 Å². The van der Waals surface area contributed by atoms with Crippen LogP contribution in [-0.2, 0) is 17.8 Å². The van der Waals surface area contributed by atoms with Gasteiger partial charge in [-0.2, -0.15) is 0 Å². The fourth-order valence-electron chi connectivity index (χ4n) is 2.98. The van der Waals surface area contributed by atoms with Crippen LogP contribution in [0.3, 0.4) is 0 Å². The molecule has 1 aliphatic heterocycles. The molecular weight excluding hydrogens is 483 g/mol. The van der Waals surface area contributed by atoms with Crippen LogP contribution in [0.4, 0.5) is 5.69 Å². The lowest BCUT2D eigenvalue weighted by Gasteiger charge is -2.16. The van der Waals surface area contributed by atoms with Gasteiger partial charge in [0.05, 0.1) is 17.6 Å². The standard InChI is InChI=1S/C21H26N4O3.HI/c1-16-4-6-17(7-5-16)13-22-21(24-15-20-3-2-12-28-20)23-14-18-8-10-19(11-9-18)25(26)27;/h4-11,20H,2-3,12-15H2,1H3,(H2,22,23,24);1H. The van der Waals surface area contributed by atoms with E-state index >= 15 is 0 Å². The largest absolute Gasteiger partial charge is 0.376 e. The molecule has 0 amide bonds. The topological polar surface area (TPSA) is 88.8 Å². The highest BCUT2D eigenvalue weighted by Crippen LogP contribution is 2.12. The SMILES string of the molecule is Cc1ccc(CN=C(NCc2ccc([N+](=O)[O-])cc2)NCC2CCCO2)cc1.I. The van der Waals surface area contributed by atoms with Crippen LogP contribution in [-0.4, -0.2) is 30.1 Å². The first kappa shape index (κ1) is 23.1. The quantitative estimate of drug-likeness (QED) is 0.194. The molecule has 0 radical (unpaired) electrons. The van der Waals surface area contributed by atoms with Gasteiger partial charge in [0.1, 0.15) is 0 Å². The summed E-state index contributed by atoms with van der Waals surface area (Å²) in [4.78, 5) is 15.1. The zero-order chi connectivity index (χ0) is 19.8. The van der Waals surface area contributed by atoms with Crippen molar-refractivity contribution in [2.45, 2.75) is 39.0 Å². The number of nitro groups is 1. The highest BCUT2D eigenvalue weighted by atomic mass is 127. The smallest absolute Gasteiger partial charge is 0.269 e. The van der Waals surface area contributed by atoms with E-state index in [0.29, 0.717) is 25.6 Å². The average molecular weight is 510 g/mol. The van der Waals surface area contributed by atoms with Crippen molar-refractivity contribution < 1.29 is 9.66 Å². The predicted molar refractivity (Wildman–Crippen MR) is 125 cm³/mol. The fourth-order valence-corrected chi connectivity index (χ4v) is 2.98. The summed E-state index contributed by atoms with van der Waals surface area (Å²) in [6.07, 6.45) is 2.37. The van der Waals surface area contributed by atoms with Gasteiger partial charge in [-0.3, -0.25) is 10.1 Å². The van der Waals surface area contributed by atoms with Gasteiger partial charge in [-0.25, -0.2) is 4.99 Å². The normalized spacial score (nSPS) is 16.2. The molecule has 29 heavy (non-hydrogen) atoms. The van der Waals surface area contributed by atoms with E-state index in [2.05, 4.69) is 46.8 Å². The molecule has 1 saturated heterocycles. The Morgan fingerprint density at radius 1 is 1.14 bits per heavy atom. The molecule has 2 aromatic carbocycles. The fraction of sp³-hybridized carbons (Fsp3) is 0.381. The molecule has 1 atom stereocenters. The van der Waals surface area contributed by atoms with Crippen molar-refractivity contribution in [3.8, 4) is 0 Å². The molecule has 2 aromatic rings. The van der Waals surface area contributed by atoms with E-state index in [1.54, 1.807) is 12.1 Å². The Morgan fingerprint density at radius 3 is 2.45 bits per heavy atom. The monoisotopic (exact) mass is 510 g/mol. The summed E-state index contributed by atoms with van der Waals surface area (Å²) in [5, 5.41) is 17.4. The second-order valence-electron chi connectivity index (χ2n) is 6.94. The first-order valence-corrected chi connectivity index (χ1v) is 9.53. The Hall–Kier alpha value is -2.20. The van der Waals surface area contributed by atoms with E-state index in [1.807, 2.05) is 0 Å². The lowest BCUT2D eigenvalue weighted by Crippen LogP contribution is -2.40. The summed E-state index contributed by atoms with van der Waals surface area (Å²) < 4.78 is 5.67. The van der Waals surface area contributed by atoms with Crippen LogP contribution in [0.5, 0.6) is 0 Å².